The van der Waals surface area contributed by atoms with Crippen LogP contribution < -0.4 is 0 Å². The second kappa shape index (κ2) is 7.38. The van der Waals surface area contributed by atoms with Crippen LogP contribution in [0.4, 0.5) is 4.79 Å². The molecule has 0 bridgehead atoms. The molecule has 2 fully saturated rings. The van der Waals surface area contributed by atoms with Crippen molar-refractivity contribution in [2.24, 2.45) is 5.92 Å². The first-order valence-corrected chi connectivity index (χ1v) is 8.86. The number of nitrogens with zero attached hydrogens (tertiary/aromatic N) is 2. The number of hydrogen-bond acceptors (Lipinski definition) is 3. The fourth-order valence-electron chi connectivity index (χ4n) is 3.80. The van der Waals surface area contributed by atoms with Gasteiger partial charge in [-0.3, -0.25) is 14.5 Å². The number of carbonyl (C=O) groups excluding carboxylic acids is 3. The van der Waals surface area contributed by atoms with Gasteiger partial charge < -0.3 is 4.90 Å². The van der Waals surface area contributed by atoms with E-state index in [-0.39, 0.29) is 29.7 Å². The summed E-state index contributed by atoms with van der Waals surface area (Å²) >= 11 is 0. The number of urea groups is 1. The lowest BCUT2D eigenvalue weighted by Crippen LogP contribution is -2.52. The molecule has 2 rings (SSSR count). The molecule has 25 heavy (non-hydrogen) atoms. The van der Waals surface area contributed by atoms with Gasteiger partial charge in [-0.25, -0.2) is 4.79 Å². The van der Waals surface area contributed by atoms with Gasteiger partial charge in [-0.05, 0) is 38.7 Å². The predicted molar refractivity (Wildman–Crippen MR) is 98.0 cm³/mol. The number of hydrogen-bond donors (Lipinski definition) is 0. The lowest BCUT2D eigenvalue weighted by molar-refractivity contribution is -0.137. The van der Waals surface area contributed by atoms with Crippen LogP contribution in [0.3, 0.4) is 0 Å². The van der Waals surface area contributed by atoms with Gasteiger partial charge in [-0.1, -0.05) is 44.1 Å². The zero-order valence-electron chi connectivity index (χ0n) is 15.5. The molecule has 136 valence electrons. The smallest absolute Gasteiger partial charge is 0.313 e. The average molecular weight is 344 g/mol. The van der Waals surface area contributed by atoms with Gasteiger partial charge in [0, 0.05) is 12.6 Å². The summed E-state index contributed by atoms with van der Waals surface area (Å²) in [5, 5.41) is 0. The molecular weight excluding hydrogens is 316 g/mol. The van der Waals surface area contributed by atoms with Gasteiger partial charge in [0.1, 0.15) is 5.54 Å². The summed E-state index contributed by atoms with van der Waals surface area (Å²) in [4.78, 5) is 40.7. The molecule has 0 aromatic rings. The van der Waals surface area contributed by atoms with Crippen LogP contribution >= 0.6 is 0 Å². The summed E-state index contributed by atoms with van der Waals surface area (Å²) in [7, 11) is 1.66. The second-order valence-corrected chi connectivity index (χ2v) is 7.26. The van der Waals surface area contributed by atoms with Crippen molar-refractivity contribution in [3.63, 3.8) is 0 Å². The first-order chi connectivity index (χ1) is 11.7. The summed E-state index contributed by atoms with van der Waals surface area (Å²) < 4.78 is 0. The van der Waals surface area contributed by atoms with Gasteiger partial charge in [0.15, 0.2) is 5.78 Å². The van der Waals surface area contributed by atoms with Crippen molar-refractivity contribution in [1.29, 1.82) is 0 Å². The lowest BCUT2D eigenvalue weighted by Gasteiger charge is -2.38. The molecule has 1 saturated carbocycles. The van der Waals surface area contributed by atoms with Crippen LogP contribution in [0.25, 0.3) is 0 Å². The van der Waals surface area contributed by atoms with E-state index < -0.39 is 11.6 Å². The number of allylic oxidation sites excluding steroid dienone is 3. The maximum Gasteiger partial charge on any atom is 0.327 e. The van der Waals surface area contributed by atoms with Gasteiger partial charge in [0.05, 0.1) is 6.54 Å². The number of rotatable bonds is 6. The highest BCUT2D eigenvalue weighted by atomic mass is 16.2. The maximum atomic E-state index is 13.0. The van der Waals surface area contributed by atoms with E-state index >= 15 is 0 Å². The molecule has 2 aliphatic rings. The van der Waals surface area contributed by atoms with Crippen molar-refractivity contribution in [1.82, 2.24) is 9.80 Å². The fraction of sp³-hybridized carbons (Fsp3) is 0.550. The van der Waals surface area contributed by atoms with Crippen LogP contribution in [0.1, 0.15) is 46.0 Å². The Hall–Kier alpha value is -2.17. The Kier molecular flexibility index (Phi) is 5.65. The van der Waals surface area contributed by atoms with Crippen molar-refractivity contribution in [2.45, 2.75) is 51.5 Å². The van der Waals surface area contributed by atoms with Crippen molar-refractivity contribution in [3.05, 3.63) is 36.5 Å². The number of likely N-dealkylation sites (N-methyl/N-ethyl adjacent to an activating group) is 1. The van der Waals surface area contributed by atoms with Crippen LogP contribution in [0, 0.1) is 5.92 Å². The molecule has 0 N–H and O–H groups in total. The van der Waals surface area contributed by atoms with E-state index in [0.717, 1.165) is 36.2 Å². The third-order valence-electron chi connectivity index (χ3n) is 5.68. The first-order valence-electron chi connectivity index (χ1n) is 8.86. The molecule has 0 spiro atoms. The number of Topliss-reactive ketones (excluding diaryl/α,β-unsaturated/α-hetero) is 1. The summed E-state index contributed by atoms with van der Waals surface area (Å²) in [5.74, 6) is -0.449. The highest BCUT2D eigenvalue weighted by Crippen LogP contribution is 2.40. The maximum absolute atomic E-state index is 13.0. The molecule has 1 saturated heterocycles. The van der Waals surface area contributed by atoms with Gasteiger partial charge in [-0.2, -0.15) is 0 Å². The van der Waals surface area contributed by atoms with E-state index in [4.69, 9.17) is 0 Å². The summed E-state index contributed by atoms with van der Waals surface area (Å²) in [6.45, 7) is 10.8. The highest BCUT2D eigenvalue weighted by Gasteiger charge is 2.56. The van der Waals surface area contributed by atoms with Gasteiger partial charge >= 0.3 is 6.03 Å². The minimum absolute atomic E-state index is 0.147. The molecule has 1 aliphatic carbocycles. The summed E-state index contributed by atoms with van der Waals surface area (Å²) in [6.07, 6.45) is 8.46. The lowest BCUT2D eigenvalue weighted by atomic mass is 9.75. The summed E-state index contributed by atoms with van der Waals surface area (Å²) in [6, 6.07) is -0.399. The molecule has 1 atom stereocenters. The Labute approximate surface area is 150 Å². The molecule has 5 heteroatoms. The molecule has 3 amide bonds. The van der Waals surface area contributed by atoms with Crippen molar-refractivity contribution < 1.29 is 14.4 Å². The predicted octanol–water partition coefficient (Wildman–Crippen LogP) is 3.48. The first kappa shape index (κ1) is 19.2. The number of amides is 3. The summed E-state index contributed by atoms with van der Waals surface area (Å²) in [5.41, 5.74) is 0.222. The standard InChI is InChI=1S/C20H28N2O3/c1-6-14(2)12-15(3)17(23)13-22-18(24)20(4,21(5)19(22)25)16-10-8-7-9-11-16/h6,12,16H,1,3,7-11,13H2,2,4-5H3/b14-12-. The Morgan fingerprint density at radius 2 is 1.88 bits per heavy atom. The van der Waals surface area contributed by atoms with E-state index in [1.165, 1.54) is 11.3 Å². The van der Waals surface area contributed by atoms with E-state index in [1.807, 2.05) is 13.8 Å². The normalized spacial score (nSPS) is 25.5. The number of carbonyl (C=O) groups is 3. The Bertz CT molecular complexity index is 643. The van der Waals surface area contributed by atoms with E-state index in [1.54, 1.807) is 19.2 Å². The zero-order valence-corrected chi connectivity index (χ0v) is 15.5. The Balaban J connectivity index is 2.18. The van der Waals surface area contributed by atoms with Gasteiger partial charge in [0.2, 0.25) is 0 Å². The largest absolute Gasteiger partial charge is 0.327 e. The van der Waals surface area contributed by atoms with Crippen LogP contribution in [0.2, 0.25) is 0 Å². The third kappa shape index (κ3) is 3.46. The monoisotopic (exact) mass is 344 g/mol. The SMILES string of the molecule is C=C/C(C)=C\C(=C)C(=O)CN1C(=O)N(C)C(C)(C2CCCCC2)C1=O. The molecule has 1 heterocycles. The Morgan fingerprint density at radius 3 is 2.44 bits per heavy atom. The highest BCUT2D eigenvalue weighted by molar-refractivity contribution is 6.11. The molecule has 1 unspecified atom stereocenters. The molecule has 0 radical (unpaired) electrons. The van der Waals surface area contributed by atoms with Crippen molar-refractivity contribution in [3.8, 4) is 0 Å². The minimum Gasteiger partial charge on any atom is -0.313 e. The van der Waals surface area contributed by atoms with E-state index in [0.29, 0.717) is 0 Å². The quantitative estimate of drug-likeness (QED) is 0.421. The average Bonchev–Trinajstić information content (AvgIpc) is 2.78. The zero-order chi connectivity index (χ0) is 18.8. The molecule has 0 aromatic heterocycles. The van der Waals surface area contributed by atoms with Crippen LogP contribution in [-0.4, -0.2) is 46.7 Å². The molecule has 0 aromatic carbocycles. The van der Waals surface area contributed by atoms with E-state index in [9.17, 15) is 14.4 Å². The molecule has 5 nitrogen and oxygen atoms in total. The molecule has 1 aliphatic heterocycles. The topological polar surface area (TPSA) is 57.7 Å². The van der Waals surface area contributed by atoms with E-state index in [2.05, 4.69) is 13.2 Å². The van der Waals surface area contributed by atoms with Crippen LogP contribution in [-0.2, 0) is 9.59 Å². The van der Waals surface area contributed by atoms with Crippen LogP contribution in [0.5, 0.6) is 0 Å². The number of ketones is 1. The fourth-order valence-corrected chi connectivity index (χ4v) is 3.80. The number of imide groups is 1. The third-order valence-corrected chi connectivity index (χ3v) is 5.68. The van der Waals surface area contributed by atoms with Crippen molar-refractivity contribution >= 4 is 17.7 Å². The van der Waals surface area contributed by atoms with Gasteiger partial charge in [0.25, 0.3) is 5.91 Å². The minimum atomic E-state index is -0.855. The van der Waals surface area contributed by atoms with Gasteiger partial charge in [-0.15, -0.1) is 0 Å². The second-order valence-electron chi connectivity index (χ2n) is 7.26. The molecular formula is C20H28N2O3. The van der Waals surface area contributed by atoms with Crippen LogP contribution in [0.15, 0.2) is 36.5 Å². The Morgan fingerprint density at radius 1 is 1.28 bits per heavy atom. The van der Waals surface area contributed by atoms with Crippen molar-refractivity contribution in [2.75, 3.05) is 13.6 Å².